The largest absolute Gasteiger partial charge is 0.463 e. The highest BCUT2D eigenvalue weighted by molar-refractivity contribution is 5.66. The molecule has 2 rings (SSSR count). The van der Waals surface area contributed by atoms with Crippen molar-refractivity contribution >= 4 is 11.9 Å². The van der Waals surface area contributed by atoms with Crippen LogP contribution in [0.5, 0.6) is 0 Å². The number of esters is 2. The van der Waals surface area contributed by atoms with E-state index in [9.17, 15) is 19.2 Å². The molecule has 0 bridgehead atoms. The molecule has 0 aromatic carbocycles. The van der Waals surface area contributed by atoms with Crippen molar-refractivity contribution in [2.24, 2.45) is 0 Å². The molecule has 126 valence electrons. The van der Waals surface area contributed by atoms with Crippen molar-refractivity contribution in [3.63, 3.8) is 0 Å². The van der Waals surface area contributed by atoms with E-state index in [2.05, 4.69) is 4.98 Å². The quantitative estimate of drug-likeness (QED) is 0.750. The topological polar surface area (TPSA) is 117 Å². The summed E-state index contributed by atoms with van der Waals surface area (Å²) in [6.07, 6.45) is -0.493. The van der Waals surface area contributed by atoms with Crippen LogP contribution in [0, 0.1) is 6.92 Å². The Morgan fingerprint density at radius 3 is 2.65 bits per heavy atom. The molecule has 9 heteroatoms. The number of aromatic amines is 1. The van der Waals surface area contributed by atoms with Gasteiger partial charge in [0, 0.05) is 32.0 Å². The second-order valence-electron chi connectivity index (χ2n) is 5.29. The fourth-order valence-corrected chi connectivity index (χ4v) is 2.36. The molecule has 1 unspecified atom stereocenters. The van der Waals surface area contributed by atoms with Gasteiger partial charge in [0.1, 0.15) is 25.0 Å². The van der Waals surface area contributed by atoms with Gasteiger partial charge in [-0.2, -0.15) is 0 Å². The maximum absolute atomic E-state index is 11.9. The van der Waals surface area contributed by atoms with Gasteiger partial charge < -0.3 is 14.2 Å². The number of nitrogens with zero attached hydrogens (tertiary/aromatic N) is 1. The highest BCUT2D eigenvalue weighted by Crippen LogP contribution is 2.30. The number of carbonyl (C=O) groups excluding carboxylic acids is 2. The lowest BCUT2D eigenvalue weighted by molar-refractivity contribution is -0.155. The number of aryl methyl sites for hydroxylation is 1. The van der Waals surface area contributed by atoms with Crippen LogP contribution in [0.15, 0.2) is 15.8 Å². The van der Waals surface area contributed by atoms with Crippen LogP contribution in [0.25, 0.3) is 0 Å². The maximum Gasteiger partial charge on any atom is 0.330 e. The Morgan fingerprint density at radius 2 is 2.04 bits per heavy atom. The lowest BCUT2D eigenvalue weighted by Crippen LogP contribution is -2.33. The van der Waals surface area contributed by atoms with Crippen LogP contribution in [0.3, 0.4) is 0 Å². The molecule has 1 saturated heterocycles. The standard InChI is InChI=1S/C14H18N2O7/c1-7-5-16(14(20)15-13(7)19)12-4-10(22-9(3)18)11(23-12)6-21-8(2)17/h5,10-12H,4,6H2,1-3H3,(H,15,19,20)/t10-,11?,12+/m1/s1. The Hall–Kier alpha value is -2.42. The average Bonchev–Trinajstić information content (AvgIpc) is 2.82. The number of ether oxygens (including phenoxy) is 3. The lowest BCUT2D eigenvalue weighted by atomic mass is 10.2. The van der Waals surface area contributed by atoms with Gasteiger partial charge in [0.2, 0.25) is 0 Å². The van der Waals surface area contributed by atoms with Gasteiger partial charge in [-0.15, -0.1) is 0 Å². The van der Waals surface area contributed by atoms with Gasteiger partial charge in [0.05, 0.1) is 0 Å². The van der Waals surface area contributed by atoms with E-state index < -0.39 is 41.6 Å². The number of hydrogen-bond acceptors (Lipinski definition) is 7. The molecule has 9 nitrogen and oxygen atoms in total. The van der Waals surface area contributed by atoms with E-state index in [-0.39, 0.29) is 13.0 Å². The first-order valence-electron chi connectivity index (χ1n) is 7.06. The minimum atomic E-state index is -0.733. The number of hydrogen-bond donors (Lipinski definition) is 1. The van der Waals surface area contributed by atoms with Crippen molar-refractivity contribution in [3.05, 3.63) is 32.6 Å². The second-order valence-corrected chi connectivity index (χ2v) is 5.29. The van der Waals surface area contributed by atoms with E-state index in [1.165, 1.54) is 24.6 Å². The molecule has 23 heavy (non-hydrogen) atoms. The summed E-state index contributed by atoms with van der Waals surface area (Å²) in [5.74, 6) is -0.993. The Labute approximate surface area is 131 Å². The van der Waals surface area contributed by atoms with Crippen LogP contribution in [0.1, 0.15) is 32.1 Å². The van der Waals surface area contributed by atoms with Gasteiger partial charge in [-0.1, -0.05) is 0 Å². The molecule has 0 spiro atoms. The van der Waals surface area contributed by atoms with Crippen molar-refractivity contribution in [2.45, 2.75) is 45.6 Å². The first-order valence-corrected chi connectivity index (χ1v) is 7.06. The Bertz CT molecular complexity index is 721. The molecule has 3 atom stereocenters. The van der Waals surface area contributed by atoms with Crippen LogP contribution in [0.2, 0.25) is 0 Å². The predicted molar refractivity (Wildman–Crippen MR) is 76.8 cm³/mol. The first-order chi connectivity index (χ1) is 10.8. The van der Waals surface area contributed by atoms with Gasteiger partial charge in [-0.25, -0.2) is 4.79 Å². The number of nitrogens with one attached hydrogen (secondary N) is 1. The van der Waals surface area contributed by atoms with Crippen LogP contribution >= 0.6 is 0 Å². The Morgan fingerprint density at radius 1 is 1.35 bits per heavy atom. The lowest BCUT2D eigenvalue weighted by Gasteiger charge is -2.17. The normalized spacial score (nSPS) is 23.5. The maximum atomic E-state index is 11.9. The average molecular weight is 326 g/mol. The van der Waals surface area contributed by atoms with Crippen LogP contribution in [0.4, 0.5) is 0 Å². The van der Waals surface area contributed by atoms with Crippen molar-refractivity contribution in [1.82, 2.24) is 9.55 Å². The molecule has 0 radical (unpaired) electrons. The second kappa shape index (κ2) is 6.78. The number of aromatic nitrogens is 2. The minimum Gasteiger partial charge on any atom is -0.463 e. The van der Waals surface area contributed by atoms with Gasteiger partial charge in [-0.05, 0) is 6.92 Å². The van der Waals surface area contributed by atoms with Gasteiger partial charge >= 0.3 is 17.6 Å². The zero-order chi connectivity index (χ0) is 17.1. The summed E-state index contributed by atoms with van der Waals surface area (Å²) in [5.41, 5.74) is -0.752. The third-order valence-corrected chi connectivity index (χ3v) is 3.40. The summed E-state index contributed by atoms with van der Waals surface area (Å²) < 4.78 is 17.0. The third-order valence-electron chi connectivity index (χ3n) is 3.40. The molecule has 1 aromatic heterocycles. The highest BCUT2D eigenvalue weighted by Gasteiger charge is 2.39. The molecule has 1 aliphatic rings. The van der Waals surface area contributed by atoms with E-state index in [4.69, 9.17) is 14.2 Å². The molecule has 0 amide bonds. The summed E-state index contributed by atoms with van der Waals surface area (Å²) in [4.78, 5) is 47.6. The van der Waals surface area contributed by atoms with E-state index in [0.29, 0.717) is 5.56 Å². The van der Waals surface area contributed by atoms with Gasteiger partial charge in [0.15, 0.2) is 0 Å². The molecular formula is C14H18N2O7. The third kappa shape index (κ3) is 4.07. The molecule has 1 fully saturated rings. The van der Waals surface area contributed by atoms with Crippen LogP contribution < -0.4 is 11.2 Å². The number of H-pyrrole nitrogens is 1. The Balaban J connectivity index is 2.23. The summed E-state index contributed by atoms with van der Waals surface area (Å²) in [6.45, 7) is 3.97. The van der Waals surface area contributed by atoms with E-state index >= 15 is 0 Å². The van der Waals surface area contributed by atoms with Crippen molar-refractivity contribution in [1.29, 1.82) is 0 Å². The number of rotatable bonds is 4. The van der Waals surface area contributed by atoms with Crippen LogP contribution in [-0.2, 0) is 23.8 Å². The summed E-state index contributed by atoms with van der Waals surface area (Å²) in [5, 5.41) is 0. The van der Waals surface area contributed by atoms with Crippen LogP contribution in [-0.4, -0.2) is 40.3 Å². The van der Waals surface area contributed by atoms with E-state index in [1.54, 1.807) is 6.92 Å². The van der Waals surface area contributed by atoms with E-state index in [1.807, 2.05) is 0 Å². The van der Waals surface area contributed by atoms with Gasteiger partial charge in [-0.3, -0.25) is 23.9 Å². The van der Waals surface area contributed by atoms with Crippen molar-refractivity contribution in [2.75, 3.05) is 6.61 Å². The zero-order valence-electron chi connectivity index (χ0n) is 13.0. The summed E-state index contributed by atoms with van der Waals surface area (Å²) >= 11 is 0. The monoisotopic (exact) mass is 326 g/mol. The van der Waals surface area contributed by atoms with Gasteiger partial charge in [0.25, 0.3) is 5.56 Å². The molecule has 1 aromatic rings. The smallest absolute Gasteiger partial charge is 0.330 e. The van der Waals surface area contributed by atoms with Crippen molar-refractivity contribution < 1.29 is 23.8 Å². The molecule has 1 aliphatic heterocycles. The molecular weight excluding hydrogens is 308 g/mol. The number of carbonyl (C=O) groups is 2. The molecule has 0 aliphatic carbocycles. The Kier molecular flexibility index (Phi) is 4.99. The first kappa shape index (κ1) is 16.9. The fraction of sp³-hybridized carbons (Fsp3) is 0.571. The SMILES string of the molecule is CC(=O)OCC1O[C@H](n2cc(C)c(=O)[nH]c2=O)C[C@H]1OC(C)=O. The molecule has 2 heterocycles. The summed E-state index contributed by atoms with van der Waals surface area (Å²) in [6, 6.07) is 0. The minimum absolute atomic E-state index is 0.0964. The highest BCUT2D eigenvalue weighted by atomic mass is 16.6. The zero-order valence-corrected chi connectivity index (χ0v) is 13.0. The van der Waals surface area contributed by atoms with Crippen molar-refractivity contribution in [3.8, 4) is 0 Å². The molecule has 1 N–H and O–H groups in total. The summed E-state index contributed by atoms with van der Waals surface area (Å²) in [7, 11) is 0. The fourth-order valence-electron chi connectivity index (χ4n) is 2.36. The molecule has 0 saturated carbocycles. The van der Waals surface area contributed by atoms with E-state index in [0.717, 1.165) is 0 Å². The predicted octanol–water partition coefficient (Wildman–Crippen LogP) is -0.373.